The monoisotopic (exact) mass is 385 g/mol. The lowest BCUT2D eigenvalue weighted by molar-refractivity contribution is 0.112. The molecule has 0 bridgehead atoms. The molecule has 29 heavy (non-hydrogen) atoms. The lowest BCUT2D eigenvalue weighted by atomic mass is 9.75. The lowest BCUT2D eigenvalue weighted by Gasteiger charge is -2.34. The second-order valence-corrected chi connectivity index (χ2v) is 8.36. The highest BCUT2D eigenvalue weighted by atomic mass is 16.3. The van der Waals surface area contributed by atoms with Crippen molar-refractivity contribution >= 4 is 17.7 Å². The van der Waals surface area contributed by atoms with Crippen LogP contribution in [0.5, 0.6) is 5.75 Å². The molecule has 5 nitrogen and oxygen atoms in total. The largest absolute Gasteiger partial charge is 0.506 e. The summed E-state index contributed by atoms with van der Waals surface area (Å²) in [5.41, 5.74) is 5.27. The van der Waals surface area contributed by atoms with Gasteiger partial charge in [-0.05, 0) is 55.4 Å². The number of anilines is 1. The van der Waals surface area contributed by atoms with Crippen LogP contribution in [0.3, 0.4) is 0 Å². The van der Waals surface area contributed by atoms with Gasteiger partial charge in [0.2, 0.25) is 0 Å². The summed E-state index contributed by atoms with van der Waals surface area (Å²) >= 11 is 0. The number of phenols is 1. The molecule has 0 amide bonds. The van der Waals surface area contributed by atoms with Crippen molar-refractivity contribution in [3.63, 3.8) is 0 Å². The molecule has 0 spiro atoms. The highest BCUT2D eigenvalue weighted by Gasteiger charge is 2.45. The predicted molar refractivity (Wildman–Crippen MR) is 111 cm³/mol. The van der Waals surface area contributed by atoms with Gasteiger partial charge in [-0.25, -0.2) is 0 Å². The molecule has 5 rings (SSSR count). The Morgan fingerprint density at radius 1 is 1.14 bits per heavy atom. The van der Waals surface area contributed by atoms with Crippen molar-refractivity contribution in [3.8, 4) is 11.8 Å². The Hall–Kier alpha value is -3.13. The van der Waals surface area contributed by atoms with Crippen LogP contribution < -0.4 is 5.01 Å². The maximum absolute atomic E-state index is 11.2. The summed E-state index contributed by atoms with van der Waals surface area (Å²) in [6.45, 7) is 0. The number of carbonyl (C=O) groups is 1. The number of nitrogens with zero attached hydrogens (tertiary/aromatic N) is 3. The number of aryl methyl sites for hydroxylation is 1. The zero-order chi connectivity index (χ0) is 20.0. The lowest BCUT2D eigenvalue weighted by Crippen LogP contribution is -2.40. The topological polar surface area (TPSA) is 76.7 Å². The molecular weight excluding hydrogens is 362 g/mol. The van der Waals surface area contributed by atoms with E-state index in [-0.39, 0.29) is 17.4 Å². The number of carbonyl (C=O) groups excluding carboxylic acids is 1. The molecule has 2 aliphatic carbocycles. The van der Waals surface area contributed by atoms with Crippen molar-refractivity contribution < 1.29 is 9.90 Å². The first-order chi connectivity index (χ1) is 14.2. The first-order valence-electron chi connectivity index (χ1n) is 10.4. The molecule has 0 radical (unpaired) electrons. The van der Waals surface area contributed by atoms with E-state index in [2.05, 4.69) is 5.01 Å². The molecule has 2 atom stereocenters. The maximum atomic E-state index is 11.2. The van der Waals surface area contributed by atoms with Crippen LogP contribution in [0, 0.1) is 23.2 Å². The number of aldehydes is 1. The van der Waals surface area contributed by atoms with Crippen LogP contribution in [0.15, 0.2) is 41.5 Å². The molecule has 1 saturated carbocycles. The zero-order valence-electron chi connectivity index (χ0n) is 16.2. The summed E-state index contributed by atoms with van der Waals surface area (Å²) in [6, 6.07) is 13.4. The van der Waals surface area contributed by atoms with Gasteiger partial charge in [-0.2, -0.15) is 10.4 Å². The van der Waals surface area contributed by atoms with Gasteiger partial charge in [0.05, 0.1) is 23.0 Å². The number of hydrazone groups is 1. The minimum absolute atomic E-state index is 0.00117. The third-order valence-electron chi connectivity index (χ3n) is 6.78. The molecule has 2 aromatic rings. The first kappa shape index (κ1) is 17.9. The quantitative estimate of drug-likeness (QED) is 0.794. The molecule has 0 saturated heterocycles. The summed E-state index contributed by atoms with van der Waals surface area (Å²) in [5, 5.41) is 26.6. The van der Waals surface area contributed by atoms with Gasteiger partial charge in [-0.15, -0.1) is 0 Å². The smallest absolute Gasteiger partial charge is 0.150 e. The van der Waals surface area contributed by atoms with E-state index in [0.29, 0.717) is 17.4 Å². The molecule has 5 heteroatoms. The van der Waals surface area contributed by atoms with Crippen LogP contribution in [0.2, 0.25) is 0 Å². The highest BCUT2D eigenvalue weighted by Crippen LogP contribution is 2.45. The van der Waals surface area contributed by atoms with E-state index in [9.17, 15) is 9.90 Å². The van der Waals surface area contributed by atoms with Gasteiger partial charge < -0.3 is 5.11 Å². The summed E-state index contributed by atoms with van der Waals surface area (Å²) in [6.07, 6.45) is 7.81. The van der Waals surface area contributed by atoms with E-state index in [1.54, 1.807) is 12.1 Å². The van der Waals surface area contributed by atoms with Crippen molar-refractivity contribution in [2.24, 2.45) is 16.9 Å². The Labute approximate surface area is 170 Å². The second kappa shape index (κ2) is 7.04. The fraction of sp³-hybridized carbons (Fsp3) is 0.375. The van der Waals surface area contributed by atoms with E-state index in [4.69, 9.17) is 10.4 Å². The molecule has 1 N–H and O–H groups in total. The molecule has 2 aromatic carbocycles. The number of benzene rings is 2. The van der Waals surface area contributed by atoms with E-state index in [0.717, 1.165) is 36.1 Å². The summed E-state index contributed by atoms with van der Waals surface area (Å²) in [5.74, 6) is 0.932. The third kappa shape index (κ3) is 2.91. The Morgan fingerprint density at radius 3 is 2.69 bits per heavy atom. The number of rotatable bonds is 3. The van der Waals surface area contributed by atoms with Crippen LogP contribution in [0.4, 0.5) is 5.69 Å². The van der Waals surface area contributed by atoms with Crippen LogP contribution in [-0.4, -0.2) is 23.1 Å². The highest BCUT2D eigenvalue weighted by molar-refractivity contribution is 6.07. The molecular formula is C24H23N3O2. The van der Waals surface area contributed by atoms with Crippen molar-refractivity contribution in [3.05, 3.63) is 58.7 Å². The van der Waals surface area contributed by atoms with Gasteiger partial charge in [0.15, 0.2) is 0 Å². The van der Waals surface area contributed by atoms with Gasteiger partial charge in [-0.1, -0.05) is 25.0 Å². The average molecular weight is 385 g/mol. The van der Waals surface area contributed by atoms with Gasteiger partial charge in [-0.3, -0.25) is 9.80 Å². The van der Waals surface area contributed by atoms with Gasteiger partial charge in [0.25, 0.3) is 0 Å². The number of phenolic OH excluding ortho intramolecular Hbond substituents is 1. The maximum Gasteiger partial charge on any atom is 0.150 e. The Morgan fingerprint density at radius 2 is 1.97 bits per heavy atom. The van der Waals surface area contributed by atoms with Crippen molar-refractivity contribution in [2.45, 2.75) is 44.6 Å². The number of fused-ring (bicyclic) bond motifs is 3. The molecule has 1 fully saturated rings. The number of hydrogen-bond donors (Lipinski definition) is 1. The minimum atomic E-state index is 0.00117. The molecule has 3 aliphatic rings. The SMILES string of the molecule is N#Cc1ccc(N2N=C3c4ccc(C=O)cc4CCC3C2C2CCCC2)cc1O. The predicted octanol–water partition coefficient (Wildman–Crippen LogP) is 4.42. The molecule has 0 aromatic heterocycles. The van der Waals surface area contributed by atoms with E-state index >= 15 is 0 Å². The molecule has 1 heterocycles. The van der Waals surface area contributed by atoms with E-state index in [1.807, 2.05) is 30.3 Å². The number of nitriles is 1. The normalized spacial score (nSPS) is 23.3. The zero-order valence-corrected chi connectivity index (χ0v) is 16.2. The van der Waals surface area contributed by atoms with Gasteiger partial charge in [0.1, 0.15) is 18.1 Å². The molecule has 146 valence electrons. The van der Waals surface area contributed by atoms with Gasteiger partial charge >= 0.3 is 0 Å². The van der Waals surface area contributed by atoms with Crippen molar-refractivity contribution in [2.75, 3.05) is 5.01 Å². The fourth-order valence-corrected chi connectivity index (χ4v) is 5.42. The Balaban J connectivity index is 1.60. The van der Waals surface area contributed by atoms with E-state index in [1.165, 1.54) is 31.2 Å². The fourth-order valence-electron chi connectivity index (χ4n) is 5.42. The second-order valence-electron chi connectivity index (χ2n) is 8.36. The summed E-state index contributed by atoms with van der Waals surface area (Å²) in [4.78, 5) is 11.2. The molecule has 1 aliphatic heterocycles. The van der Waals surface area contributed by atoms with Crippen molar-refractivity contribution in [1.29, 1.82) is 5.26 Å². The average Bonchev–Trinajstić information content (AvgIpc) is 3.40. The van der Waals surface area contributed by atoms with Crippen LogP contribution >= 0.6 is 0 Å². The standard InChI is InChI=1S/C24H23N3O2/c25-13-18-6-8-19(12-22(18)29)27-24(16-3-1-2-4-16)21-10-7-17-11-15(14-28)5-9-20(17)23(21)26-27/h5-6,8-9,11-12,14,16,21,24,29H,1-4,7,10H2. The summed E-state index contributed by atoms with van der Waals surface area (Å²) in [7, 11) is 0. The number of hydrogen-bond acceptors (Lipinski definition) is 5. The van der Waals surface area contributed by atoms with Crippen molar-refractivity contribution in [1.82, 2.24) is 0 Å². The summed E-state index contributed by atoms with van der Waals surface area (Å²) < 4.78 is 0. The Kier molecular flexibility index (Phi) is 4.35. The first-order valence-corrected chi connectivity index (χ1v) is 10.4. The number of aromatic hydroxyl groups is 1. The molecule has 2 unspecified atom stereocenters. The minimum Gasteiger partial charge on any atom is -0.506 e. The van der Waals surface area contributed by atoms with E-state index < -0.39 is 0 Å². The Bertz CT molecular complexity index is 1050. The van der Waals surface area contributed by atoms with Crippen LogP contribution in [0.1, 0.15) is 59.2 Å². The van der Waals surface area contributed by atoms with Crippen LogP contribution in [0.25, 0.3) is 0 Å². The third-order valence-corrected chi connectivity index (χ3v) is 6.78. The van der Waals surface area contributed by atoms with Gasteiger partial charge in [0, 0.05) is 23.1 Å². The van der Waals surface area contributed by atoms with Crippen LogP contribution in [-0.2, 0) is 6.42 Å².